The largest absolute Gasteiger partial charge is 0.350 e. The van der Waals surface area contributed by atoms with Gasteiger partial charge in [0.05, 0.1) is 6.04 Å². The first-order chi connectivity index (χ1) is 13.5. The van der Waals surface area contributed by atoms with Gasteiger partial charge < -0.3 is 4.57 Å². The summed E-state index contributed by atoms with van der Waals surface area (Å²) in [5, 5.41) is 0. The lowest BCUT2D eigenvalue weighted by atomic mass is 9.99. The fourth-order valence-electron chi connectivity index (χ4n) is 4.14. The molecule has 4 rings (SSSR count). The Balaban J connectivity index is 1.72. The zero-order valence-electron chi connectivity index (χ0n) is 16.4. The van der Waals surface area contributed by atoms with Gasteiger partial charge in [-0.3, -0.25) is 4.90 Å². The minimum absolute atomic E-state index is 0.307. The highest BCUT2D eigenvalue weighted by Crippen LogP contribution is 2.35. The Bertz CT molecular complexity index is 943. The molecule has 0 bridgehead atoms. The number of hydrogen-bond acceptors (Lipinski definition) is 1. The monoisotopic (exact) mass is 380 g/mol. The summed E-state index contributed by atoms with van der Waals surface area (Å²) in [4.78, 5) is 2.26. The lowest BCUT2D eigenvalue weighted by Gasteiger charge is -2.31. The highest BCUT2D eigenvalue weighted by atomic mass is 19.2. The van der Waals surface area contributed by atoms with Crippen LogP contribution in [0.3, 0.4) is 0 Å². The van der Waals surface area contributed by atoms with Crippen LogP contribution in [0.2, 0.25) is 0 Å². The molecule has 0 saturated carbocycles. The lowest BCUT2D eigenvalue weighted by Crippen LogP contribution is -2.30. The zero-order valence-corrected chi connectivity index (χ0v) is 16.4. The first-order valence-electron chi connectivity index (χ1n) is 9.96. The normalized spacial score (nSPS) is 17.5. The van der Waals surface area contributed by atoms with Crippen LogP contribution in [0.4, 0.5) is 8.78 Å². The van der Waals surface area contributed by atoms with Gasteiger partial charge in [-0.1, -0.05) is 50.2 Å². The van der Waals surface area contributed by atoms with Crippen LogP contribution in [0.15, 0.2) is 60.8 Å². The van der Waals surface area contributed by atoms with Crippen molar-refractivity contribution >= 4 is 0 Å². The third kappa shape index (κ3) is 3.61. The van der Waals surface area contributed by atoms with Crippen molar-refractivity contribution in [1.82, 2.24) is 9.47 Å². The molecular formula is C24H26F2N2. The molecule has 0 unspecified atom stereocenters. The molecule has 0 fully saturated rings. The molecule has 1 aromatic heterocycles. The maximum atomic E-state index is 14.8. The summed E-state index contributed by atoms with van der Waals surface area (Å²) in [6, 6.07) is 16.8. The number of hydrogen-bond donors (Lipinski definition) is 0. The molecule has 1 aliphatic heterocycles. The second-order valence-electron chi connectivity index (χ2n) is 7.89. The zero-order chi connectivity index (χ0) is 19.7. The molecule has 4 heteroatoms. The lowest BCUT2D eigenvalue weighted by molar-refractivity contribution is 0.215. The van der Waals surface area contributed by atoms with E-state index in [1.54, 1.807) is 12.1 Å². The number of benzene rings is 2. The molecular weight excluding hydrogens is 354 g/mol. The molecule has 1 atom stereocenters. The van der Waals surface area contributed by atoms with Crippen molar-refractivity contribution in [2.45, 2.75) is 45.3 Å². The molecule has 146 valence electrons. The van der Waals surface area contributed by atoms with E-state index < -0.39 is 11.6 Å². The van der Waals surface area contributed by atoms with Gasteiger partial charge in [0.15, 0.2) is 11.6 Å². The second kappa shape index (κ2) is 7.88. The Morgan fingerprint density at radius 2 is 1.75 bits per heavy atom. The minimum atomic E-state index is -0.791. The average molecular weight is 380 g/mol. The van der Waals surface area contributed by atoms with E-state index in [1.165, 1.54) is 17.2 Å². The van der Waals surface area contributed by atoms with Crippen molar-refractivity contribution in [3.63, 3.8) is 0 Å². The molecule has 0 spiro atoms. The number of fused-ring (bicyclic) bond motifs is 1. The fourth-order valence-corrected chi connectivity index (χ4v) is 4.14. The van der Waals surface area contributed by atoms with E-state index in [2.05, 4.69) is 47.6 Å². The molecule has 28 heavy (non-hydrogen) atoms. The Labute approximate surface area is 165 Å². The van der Waals surface area contributed by atoms with E-state index in [0.717, 1.165) is 25.2 Å². The molecule has 0 radical (unpaired) electrons. The van der Waals surface area contributed by atoms with Gasteiger partial charge in [-0.05, 0) is 41.7 Å². The summed E-state index contributed by atoms with van der Waals surface area (Å²) in [6.45, 7) is 6.78. The van der Waals surface area contributed by atoms with Crippen molar-refractivity contribution in [1.29, 1.82) is 0 Å². The number of nitrogens with zero attached hydrogens (tertiary/aromatic N) is 2. The van der Waals surface area contributed by atoms with Crippen LogP contribution in [-0.2, 0) is 13.1 Å². The van der Waals surface area contributed by atoms with E-state index in [-0.39, 0.29) is 6.04 Å². The van der Waals surface area contributed by atoms with Crippen molar-refractivity contribution in [2.75, 3.05) is 6.54 Å². The van der Waals surface area contributed by atoms with Crippen LogP contribution in [0.5, 0.6) is 0 Å². The molecule has 3 aromatic rings. The van der Waals surface area contributed by atoms with Crippen LogP contribution < -0.4 is 0 Å². The van der Waals surface area contributed by atoms with Gasteiger partial charge >= 0.3 is 0 Å². The summed E-state index contributed by atoms with van der Waals surface area (Å²) < 4.78 is 30.9. The Hall–Kier alpha value is -2.46. The summed E-state index contributed by atoms with van der Waals surface area (Å²) in [7, 11) is 0. The molecule has 2 heterocycles. The summed E-state index contributed by atoms with van der Waals surface area (Å²) in [6.07, 6.45) is 3.00. The molecule has 0 amide bonds. The van der Waals surface area contributed by atoms with Gasteiger partial charge in [0.2, 0.25) is 0 Å². The Morgan fingerprint density at radius 1 is 0.964 bits per heavy atom. The van der Waals surface area contributed by atoms with E-state index in [0.29, 0.717) is 18.0 Å². The standard InChI is InChI=1S/C24H26F2N2/c1-17(2)19-11-9-18(10-12-19)16-28-15-5-14-27-13-4-8-22(27)24(28)20-6-3-7-21(25)23(20)26/h3-4,6-13,17,24H,5,14-16H2,1-2H3/t24-/m0/s1. The summed E-state index contributed by atoms with van der Waals surface area (Å²) in [5.74, 6) is -1.05. The smallest absolute Gasteiger partial charge is 0.163 e. The van der Waals surface area contributed by atoms with Gasteiger partial charge in [0.25, 0.3) is 0 Å². The van der Waals surface area contributed by atoms with Crippen LogP contribution in [0, 0.1) is 11.6 Å². The van der Waals surface area contributed by atoms with E-state index in [4.69, 9.17) is 0 Å². The van der Waals surface area contributed by atoms with Crippen molar-refractivity contribution in [3.05, 3.63) is 94.8 Å². The number of aromatic nitrogens is 1. The SMILES string of the molecule is CC(C)c1ccc(CN2CCCn3cccc3[C@@H]2c2cccc(F)c2F)cc1. The van der Waals surface area contributed by atoms with Gasteiger partial charge in [0.1, 0.15) is 0 Å². The van der Waals surface area contributed by atoms with E-state index >= 15 is 0 Å². The Morgan fingerprint density at radius 3 is 2.50 bits per heavy atom. The molecule has 0 aliphatic carbocycles. The second-order valence-corrected chi connectivity index (χ2v) is 7.89. The molecule has 1 aliphatic rings. The average Bonchev–Trinajstić information content (AvgIpc) is 3.07. The fraction of sp³-hybridized carbons (Fsp3) is 0.333. The summed E-state index contributed by atoms with van der Waals surface area (Å²) in [5.41, 5.74) is 3.91. The van der Waals surface area contributed by atoms with Crippen molar-refractivity contribution in [2.24, 2.45) is 0 Å². The quantitative estimate of drug-likeness (QED) is 0.548. The van der Waals surface area contributed by atoms with Gasteiger partial charge in [-0.25, -0.2) is 8.78 Å². The predicted molar refractivity (Wildman–Crippen MR) is 108 cm³/mol. The third-order valence-electron chi connectivity index (χ3n) is 5.66. The summed E-state index contributed by atoms with van der Waals surface area (Å²) >= 11 is 0. The topological polar surface area (TPSA) is 8.17 Å². The predicted octanol–water partition coefficient (Wildman–Crippen LogP) is 5.89. The van der Waals surface area contributed by atoms with E-state index in [9.17, 15) is 8.78 Å². The third-order valence-corrected chi connectivity index (χ3v) is 5.66. The number of rotatable bonds is 4. The Kier molecular flexibility index (Phi) is 5.31. The minimum Gasteiger partial charge on any atom is -0.350 e. The first kappa shape index (κ1) is 18.9. The first-order valence-corrected chi connectivity index (χ1v) is 9.96. The van der Waals surface area contributed by atoms with Crippen LogP contribution in [0.25, 0.3) is 0 Å². The van der Waals surface area contributed by atoms with E-state index in [1.807, 2.05) is 18.3 Å². The van der Waals surface area contributed by atoms with Gasteiger partial charge in [-0.2, -0.15) is 0 Å². The van der Waals surface area contributed by atoms with Gasteiger partial charge in [-0.15, -0.1) is 0 Å². The maximum absolute atomic E-state index is 14.8. The number of halogens is 2. The van der Waals surface area contributed by atoms with Gasteiger partial charge in [0, 0.05) is 37.1 Å². The highest BCUT2D eigenvalue weighted by Gasteiger charge is 2.30. The number of aryl methyl sites for hydroxylation is 1. The van der Waals surface area contributed by atoms with Crippen LogP contribution in [-0.4, -0.2) is 16.0 Å². The molecule has 2 aromatic carbocycles. The van der Waals surface area contributed by atoms with Crippen LogP contribution in [0.1, 0.15) is 54.6 Å². The van der Waals surface area contributed by atoms with Crippen molar-refractivity contribution in [3.8, 4) is 0 Å². The van der Waals surface area contributed by atoms with Crippen LogP contribution >= 0.6 is 0 Å². The van der Waals surface area contributed by atoms with Crippen molar-refractivity contribution < 1.29 is 8.78 Å². The molecule has 0 saturated heterocycles. The molecule has 2 nitrogen and oxygen atoms in total. The molecule has 0 N–H and O–H groups in total. The maximum Gasteiger partial charge on any atom is 0.163 e. The highest BCUT2D eigenvalue weighted by molar-refractivity contribution is 5.32.